The zero-order chi connectivity index (χ0) is 13.8. The summed E-state index contributed by atoms with van der Waals surface area (Å²) < 4.78 is 0. The summed E-state index contributed by atoms with van der Waals surface area (Å²) >= 11 is 0. The maximum absolute atomic E-state index is 4.65. The fourth-order valence-corrected chi connectivity index (χ4v) is 2.27. The predicted octanol–water partition coefficient (Wildman–Crippen LogP) is 3.36. The number of pyridine rings is 3. The average Bonchev–Trinajstić information content (AvgIpc) is 2.50. The van der Waals surface area contributed by atoms with Gasteiger partial charge in [0.25, 0.3) is 0 Å². The van der Waals surface area contributed by atoms with E-state index in [1.165, 1.54) is 0 Å². The van der Waals surface area contributed by atoms with Crippen LogP contribution in [0.1, 0.15) is 28.7 Å². The van der Waals surface area contributed by atoms with Crippen molar-refractivity contribution in [1.29, 1.82) is 0 Å². The molecule has 0 saturated heterocycles. The molecular weight excluding hydrogens is 246 g/mol. The van der Waals surface area contributed by atoms with Crippen LogP contribution in [0, 0.1) is 6.92 Å². The third kappa shape index (κ3) is 2.57. The molecular formula is C17H15N3. The van der Waals surface area contributed by atoms with E-state index < -0.39 is 0 Å². The molecule has 0 unspecified atom stereocenters. The van der Waals surface area contributed by atoms with Gasteiger partial charge in [0, 0.05) is 18.1 Å². The number of aryl methyl sites for hydroxylation is 1. The van der Waals surface area contributed by atoms with Crippen LogP contribution >= 0.6 is 0 Å². The number of aromatic nitrogens is 3. The van der Waals surface area contributed by atoms with Crippen molar-refractivity contribution in [3.63, 3.8) is 0 Å². The summed E-state index contributed by atoms with van der Waals surface area (Å²) in [5.41, 5.74) is 3.90. The fraction of sp³-hybridized carbons (Fsp3) is 0.118. The molecule has 0 aliphatic rings. The smallest absolute Gasteiger partial charge is 0.0858 e. The Bertz CT molecular complexity index is 641. The molecule has 0 aromatic carbocycles. The van der Waals surface area contributed by atoms with E-state index in [1.54, 1.807) is 12.4 Å². The van der Waals surface area contributed by atoms with Gasteiger partial charge in [-0.1, -0.05) is 18.2 Å². The van der Waals surface area contributed by atoms with E-state index in [0.717, 1.165) is 22.8 Å². The van der Waals surface area contributed by atoms with Gasteiger partial charge in [-0.2, -0.15) is 0 Å². The van der Waals surface area contributed by atoms with Crippen LogP contribution in [0.15, 0.2) is 67.0 Å². The minimum atomic E-state index is -0.0303. The van der Waals surface area contributed by atoms with Crippen LogP contribution < -0.4 is 0 Å². The number of hydrogen-bond donors (Lipinski definition) is 0. The van der Waals surface area contributed by atoms with E-state index in [2.05, 4.69) is 15.0 Å². The summed E-state index contributed by atoms with van der Waals surface area (Å²) in [5, 5.41) is 0. The van der Waals surface area contributed by atoms with Gasteiger partial charge in [-0.3, -0.25) is 15.0 Å². The molecule has 0 N–H and O–H groups in total. The molecule has 0 amide bonds. The quantitative estimate of drug-likeness (QED) is 0.725. The summed E-state index contributed by atoms with van der Waals surface area (Å²) in [7, 11) is 0. The lowest BCUT2D eigenvalue weighted by atomic mass is 9.95. The Morgan fingerprint density at radius 3 is 1.80 bits per heavy atom. The van der Waals surface area contributed by atoms with Crippen molar-refractivity contribution < 1.29 is 0 Å². The van der Waals surface area contributed by atoms with Crippen molar-refractivity contribution in [2.45, 2.75) is 12.8 Å². The van der Waals surface area contributed by atoms with Crippen LogP contribution in [0.4, 0.5) is 0 Å². The second-order valence-corrected chi connectivity index (χ2v) is 4.65. The Hall–Kier alpha value is -2.55. The Morgan fingerprint density at radius 1 is 0.700 bits per heavy atom. The lowest BCUT2D eigenvalue weighted by Gasteiger charge is -2.16. The highest BCUT2D eigenvalue weighted by Crippen LogP contribution is 2.27. The molecule has 3 aromatic heterocycles. The first-order valence-electron chi connectivity index (χ1n) is 6.60. The average molecular weight is 261 g/mol. The van der Waals surface area contributed by atoms with Crippen LogP contribution in [0.3, 0.4) is 0 Å². The number of hydrogen-bond acceptors (Lipinski definition) is 3. The van der Waals surface area contributed by atoms with Crippen LogP contribution in [0.25, 0.3) is 0 Å². The van der Waals surface area contributed by atoms with Crippen LogP contribution in [-0.4, -0.2) is 15.0 Å². The zero-order valence-electron chi connectivity index (χ0n) is 11.3. The number of nitrogens with zero attached hydrogens (tertiary/aromatic N) is 3. The molecule has 0 aliphatic heterocycles. The minimum absolute atomic E-state index is 0.0303. The van der Waals surface area contributed by atoms with Gasteiger partial charge >= 0.3 is 0 Å². The Labute approximate surface area is 118 Å². The molecule has 0 saturated carbocycles. The van der Waals surface area contributed by atoms with E-state index in [1.807, 2.05) is 61.5 Å². The van der Waals surface area contributed by atoms with Crippen molar-refractivity contribution in [3.8, 4) is 0 Å². The van der Waals surface area contributed by atoms with Crippen LogP contribution in [-0.2, 0) is 0 Å². The maximum Gasteiger partial charge on any atom is 0.0858 e. The first-order chi connectivity index (χ1) is 9.84. The van der Waals surface area contributed by atoms with Crippen molar-refractivity contribution in [3.05, 3.63) is 89.8 Å². The molecule has 98 valence electrons. The molecule has 20 heavy (non-hydrogen) atoms. The summed E-state index contributed by atoms with van der Waals surface area (Å²) in [6, 6.07) is 17.9. The Morgan fingerprint density at radius 2 is 1.30 bits per heavy atom. The molecule has 0 radical (unpaired) electrons. The fourth-order valence-electron chi connectivity index (χ4n) is 2.27. The molecule has 3 nitrogen and oxygen atoms in total. The molecule has 0 fully saturated rings. The van der Waals surface area contributed by atoms with Crippen molar-refractivity contribution in [1.82, 2.24) is 15.0 Å². The Balaban J connectivity index is 2.14. The molecule has 3 heteroatoms. The summed E-state index contributed by atoms with van der Waals surface area (Å²) in [6.07, 6.45) is 3.61. The predicted molar refractivity (Wildman–Crippen MR) is 78.4 cm³/mol. The van der Waals surface area contributed by atoms with Gasteiger partial charge in [-0.15, -0.1) is 0 Å². The topological polar surface area (TPSA) is 38.7 Å². The van der Waals surface area contributed by atoms with E-state index in [4.69, 9.17) is 0 Å². The third-order valence-corrected chi connectivity index (χ3v) is 3.17. The first-order valence-corrected chi connectivity index (χ1v) is 6.60. The second kappa shape index (κ2) is 5.61. The van der Waals surface area contributed by atoms with Gasteiger partial charge in [0.05, 0.1) is 23.0 Å². The highest BCUT2D eigenvalue weighted by atomic mass is 14.8. The van der Waals surface area contributed by atoms with Crippen molar-refractivity contribution in [2.75, 3.05) is 0 Å². The largest absolute Gasteiger partial charge is 0.260 e. The normalized spacial score (nSPS) is 10.7. The SMILES string of the molecule is Cc1cccc(C(c2ccccn2)c2ccccn2)n1. The maximum atomic E-state index is 4.65. The molecule has 0 aliphatic carbocycles. The summed E-state index contributed by atoms with van der Waals surface area (Å²) in [6.45, 7) is 2.00. The third-order valence-electron chi connectivity index (χ3n) is 3.17. The van der Waals surface area contributed by atoms with Crippen molar-refractivity contribution >= 4 is 0 Å². The molecule has 3 heterocycles. The highest BCUT2D eigenvalue weighted by molar-refractivity contribution is 5.34. The molecule has 3 aromatic rings. The lowest BCUT2D eigenvalue weighted by Crippen LogP contribution is -2.09. The molecule has 0 spiro atoms. The van der Waals surface area contributed by atoms with Crippen LogP contribution in [0.5, 0.6) is 0 Å². The van der Waals surface area contributed by atoms with Gasteiger partial charge in [0.2, 0.25) is 0 Å². The second-order valence-electron chi connectivity index (χ2n) is 4.65. The Kier molecular flexibility index (Phi) is 3.50. The molecule has 0 bridgehead atoms. The standard InChI is InChI=1S/C17H15N3/c1-13-7-6-10-16(20-13)17(14-8-2-4-11-18-14)15-9-3-5-12-19-15/h2-12,17H,1H3. The number of rotatable bonds is 3. The van der Waals surface area contributed by atoms with E-state index in [-0.39, 0.29) is 5.92 Å². The van der Waals surface area contributed by atoms with Crippen molar-refractivity contribution in [2.24, 2.45) is 0 Å². The minimum Gasteiger partial charge on any atom is -0.260 e. The van der Waals surface area contributed by atoms with E-state index in [9.17, 15) is 0 Å². The summed E-state index contributed by atoms with van der Waals surface area (Å²) in [4.78, 5) is 13.6. The first kappa shape index (κ1) is 12.5. The molecule has 0 atom stereocenters. The van der Waals surface area contributed by atoms with Gasteiger partial charge < -0.3 is 0 Å². The lowest BCUT2D eigenvalue weighted by molar-refractivity contribution is 0.833. The molecule has 3 rings (SSSR count). The summed E-state index contributed by atoms with van der Waals surface area (Å²) in [5.74, 6) is -0.0303. The highest BCUT2D eigenvalue weighted by Gasteiger charge is 2.20. The van der Waals surface area contributed by atoms with E-state index >= 15 is 0 Å². The van der Waals surface area contributed by atoms with Gasteiger partial charge in [-0.25, -0.2) is 0 Å². The monoisotopic (exact) mass is 261 g/mol. The van der Waals surface area contributed by atoms with Gasteiger partial charge in [-0.05, 0) is 43.3 Å². The van der Waals surface area contributed by atoms with Gasteiger partial charge in [0.15, 0.2) is 0 Å². The van der Waals surface area contributed by atoms with Crippen LogP contribution in [0.2, 0.25) is 0 Å². The zero-order valence-corrected chi connectivity index (χ0v) is 11.3. The van der Waals surface area contributed by atoms with Gasteiger partial charge in [0.1, 0.15) is 0 Å². The van der Waals surface area contributed by atoms with E-state index in [0.29, 0.717) is 0 Å².